The SMILES string of the molecule is Cc1ccc(C#CCN)c(C(=O)N2CCCN(C)CC2)c1. The Labute approximate surface area is 126 Å². The number of amides is 1. The van der Waals surface area contributed by atoms with E-state index in [1.165, 1.54) is 0 Å². The van der Waals surface area contributed by atoms with Gasteiger partial charge in [0, 0.05) is 25.2 Å². The lowest BCUT2D eigenvalue weighted by Crippen LogP contribution is -2.35. The van der Waals surface area contributed by atoms with E-state index < -0.39 is 0 Å². The van der Waals surface area contributed by atoms with Crippen LogP contribution in [0.15, 0.2) is 18.2 Å². The molecule has 0 aliphatic carbocycles. The van der Waals surface area contributed by atoms with Gasteiger partial charge < -0.3 is 15.5 Å². The second-order valence-corrected chi connectivity index (χ2v) is 5.50. The molecule has 2 N–H and O–H groups in total. The molecule has 0 saturated carbocycles. The van der Waals surface area contributed by atoms with Crippen molar-refractivity contribution in [1.29, 1.82) is 0 Å². The molecule has 1 aromatic carbocycles. The summed E-state index contributed by atoms with van der Waals surface area (Å²) in [5.74, 6) is 5.93. The fourth-order valence-corrected chi connectivity index (χ4v) is 2.51. The van der Waals surface area contributed by atoms with Crippen molar-refractivity contribution >= 4 is 5.91 Å². The van der Waals surface area contributed by atoms with Crippen molar-refractivity contribution in [2.45, 2.75) is 13.3 Å². The molecule has 1 amide bonds. The Hall–Kier alpha value is -1.83. The lowest BCUT2D eigenvalue weighted by molar-refractivity contribution is 0.0762. The quantitative estimate of drug-likeness (QED) is 0.786. The van der Waals surface area contributed by atoms with E-state index in [2.05, 4.69) is 23.8 Å². The molecular weight excluding hydrogens is 262 g/mol. The van der Waals surface area contributed by atoms with E-state index in [-0.39, 0.29) is 5.91 Å². The van der Waals surface area contributed by atoms with Crippen LogP contribution in [0.25, 0.3) is 0 Å². The third kappa shape index (κ3) is 4.07. The van der Waals surface area contributed by atoms with Gasteiger partial charge in [0.05, 0.1) is 12.1 Å². The zero-order valence-corrected chi connectivity index (χ0v) is 12.9. The lowest BCUT2D eigenvalue weighted by atomic mass is 10.0. The maximum absolute atomic E-state index is 12.8. The van der Waals surface area contributed by atoms with Gasteiger partial charge in [-0.1, -0.05) is 23.5 Å². The molecule has 21 heavy (non-hydrogen) atoms. The minimum Gasteiger partial charge on any atom is -0.337 e. The van der Waals surface area contributed by atoms with Gasteiger partial charge in [-0.05, 0) is 39.1 Å². The van der Waals surface area contributed by atoms with Gasteiger partial charge in [-0.25, -0.2) is 0 Å². The molecule has 112 valence electrons. The Morgan fingerprint density at radius 3 is 2.86 bits per heavy atom. The molecule has 1 aliphatic rings. The van der Waals surface area contributed by atoms with Gasteiger partial charge >= 0.3 is 0 Å². The molecule has 4 nitrogen and oxygen atoms in total. The van der Waals surface area contributed by atoms with E-state index in [9.17, 15) is 4.79 Å². The van der Waals surface area contributed by atoms with Crippen molar-refractivity contribution in [1.82, 2.24) is 9.80 Å². The van der Waals surface area contributed by atoms with Gasteiger partial charge in [0.1, 0.15) is 0 Å². The summed E-state index contributed by atoms with van der Waals surface area (Å²) in [5.41, 5.74) is 7.98. The van der Waals surface area contributed by atoms with Crippen molar-refractivity contribution in [3.63, 3.8) is 0 Å². The van der Waals surface area contributed by atoms with Crippen LogP contribution in [0.5, 0.6) is 0 Å². The second kappa shape index (κ2) is 7.26. The van der Waals surface area contributed by atoms with E-state index in [0.29, 0.717) is 12.1 Å². The maximum Gasteiger partial charge on any atom is 0.255 e. The van der Waals surface area contributed by atoms with E-state index in [0.717, 1.165) is 43.7 Å². The van der Waals surface area contributed by atoms with Gasteiger partial charge in [0.15, 0.2) is 0 Å². The molecule has 0 radical (unpaired) electrons. The number of likely N-dealkylation sites (N-methyl/N-ethyl adjacent to an activating group) is 1. The summed E-state index contributed by atoms with van der Waals surface area (Å²) in [5, 5.41) is 0. The number of nitrogens with zero attached hydrogens (tertiary/aromatic N) is 2. The predicted octanol–water partition coefficient (Wildman–Crippen LogP) is 1.08. The molecule has 0 spiro atoms. The number of aryl methyl sites for hydroxylation is 1. The minimum absolute atomic E-state index is 0.0790. The molecule has 0 unspecified atom stereocenters. The first-order valence-electron chi connectivity index (χ1n) is 7.39. The summed E-state index contributed by atoms with van der Waals surface area (Å²) in [7, 11) is 2.10. The molecule has 1 fully saturated rings. The molecule has 0 aromatic heterocycles. The summed E-state index contributed by atoms with van der Waals surface area (Å²) in [6.45, 7) is 5.83. The van der Waals surface area contributed by atoms with Gasteiger partial charge in [-0.15, -0.1) is 0 Å². The van der Waals surface area contributed by atoms with Crippen molar-refractivity contribution in [3.05, 3.63) is 34.9 Å². The first-order chi connectivity index (χ1) is 10.1. The predicted molar refractivity (Wildman–Crippen MR) is 85.1 cm³/mol. The Morgan fingerprint density at radius 1 is 1.29 bits per heavy atom. The van der Waals surface area contributed by atoms with Crippen LogP contribution in [-0.4, -0.2) is 55.5 Å². The van der Waals surface area contributed by atoms with Crippen molar-refractivity contribution < 1.29 is 4.79 Å². The van der Waals surface area contributed by atoms with Gasteiger partial charge in [-0.3, -0.25) is 4.79 Å². The average Bonchev–Trinajstić information content (AvgIpc) is 2.70. The van der Waals surface area contributed by atoms with Crippen LogP contribution in [0.2, 0.25) is 0 Å². The number of nitrogens with two attached hydrogens (primary N) is 1. The van der Waals surface area contributed by atoms with Crippen LogP contribution in [0.4, 0.5) is 0 Å². The van der Waals surface area contributed by atoms with E-state index in [4.69, 9.17) is 5.73 Å². The second-order valence-electron chi connectivity index (χ2n) is 5.50. The van der Waals surface area contributed by atoms with Crippen LogP contribution in [0.1, 0.15) is 27.9 Å². The summed E-state index contributed by atoms with van der Waals surface area (Å²) < 4.78 is 0. The van der Waals surface area contributed by atoms with E-state index in [1.807, 2.05) is 30.0 Å². The summed E-state index contributed by atoms with van der Waals surface area (Å²) in [4.78, 5) is 17.0. The van der Waals surface area contributed by atoms with E-state index in [1.54, 1.807) is 0 Å². The zero-order valence-electron chi connectivity index (χ0n) is 12.9. The Bertz CT molecular complexity index is 571. The number of rotatable bonds is 1. The standard InChI is InChI=1S/C17H23N3O/c1-14-6-7-15(5-3-8-18)16(13-14)17(21)20-10-4-9-19(2)11-12-20/h6-7,13H,4,8-12,18H2,1-2H3. The molecule has 1 aliphatic heterocycles. The highest BCUT2D eigenvalue weighted by Crippen LogP contribution is 2.15. The normalized spacial score (nSPS) is 16.0. The topological polar surface area (TPSA) is 49.6 Å². The summed E-state index contributed by atoms with van der Waals surface area (Å²) in [6, 6.07) is 5.82. The number of hydrogen-bond acceptors (Lipinski definition) is 3. The molecule has 2 rings (SSSR count). The third-order valence-electron chi connectivity index (χ3n) is 3.74. The summed E-state index contributed by atoms with van der Waals surface area (Å²) in [6.07, 6.45) is 1.01. The Morgan fingerprint density at radius 2 is 2.10 bits per heavy atom. The molecule has 0 atom stereocenters. The fraction of sp³-hybridized carbons (Fsp3) is 0.471. The van der Waals surface area contributed by atoms with Crippen LogP contribution in [-0.2, 0) is 0 Å². The molecule has 0 bridgehead atoms. The average molecular weight is 285 g/mol. The third-order valence-corrected chi connectivity index (χ3v) is 3.74. The monoisotopic (exact) mass is 285 g/mol. The largest absolute Gasteiger partial charge is 0.337 e. The minimum atomic E-state index is 0.0790. The van der Waals surface area contributed by atoms with E-state index >= 15 is 0 Å². The molecule has 4 heteroatoms. The van der Waals surface area contributed by atoms with Crippen LogP contribution in [0, 0.1) is 18.8 Å². The first kappa shape index (κ1) is 15.6. The van der Waals surface area contributed by atoms with Crippen molar-refractivity contribution in [2.24, 2.45) is 5.73 Å². The fourth-order valence-electron chi connectivity index (χ4n) is 2.51. The molecule has 1 heterocycles. The summed E-state index contributed by atoms with van der Waals surface area (Å²) >= 11 is 0. The van der Waals surface area contributed by atoms with Crippen LogP contribution < -0.4 is 5.73 Å². The highest BCUT2D eigenvalue weighted by atomic mass is 16.2. The zero-order chi connectivity index (χ0) is 15.2. The molecule has 1 aromatic rings. The maximum atomic E-state index is 12.8. The lowest BCUT2D eigenvalue weighted by Gasteiger charge is -2.21. The van der Waals surface area contributed by atoms with Gasteiger partial charge in [0.2, 0.25) is 0 Å². The van der Waals surface area contributed by atoms with Crippen LogP contribution in [0.3, 0.4) is 0 Å². The molecule has 1 saturated heterocycles. The number of carbonyl (C=O) groups is 1. The molecular formula is C17H23N3O. The van der Waals surface area contributed by atoms with Crippen LogP contribution >= 0.6 is 0 Å². The first-order valence-corrected chi connectivity index (χ1v) is 7.39. The number of carbonyl (C=O) groups excluding carboxylic acids is 1. The van der Waals surface area contributed by atoms with Gasteiger partial charge in [0.25, 0.3) is 5.91 Å². The Balaban J connectivity index is 2.27. The number of hydrogen-bond donors (Lipinski definition) is 1. The highest BCUT2D eigenvalue weighted by molar-refractivity contribution is 5.97. The van der Waals surface area contributed by atoms with Crippen molar-refractivity contribution in [3.8, 4) is 11.8 Å². The highest BCUT2D eigenvalue weighted by Gasteiger charge is 2.20. The van der Waals surface area contributed by atoms with Gasteiger partial charge in [-0.2, -0.15) is 0 Å². The van der Waals surface area contributed by atoms with Crippen molar-refractivity contribution in [2.75, 3.05) is 39.8 Å². The number of benzene rings is 1. The Kier molecular flexibility index (Phi) is 5.38. The smallest absolute Gasteiger partial charge is 0.255 e.